The van der Waals surface area contributed by atoms with Crippen molar-refractivity contribution in [1.82, 2.24) is 15.3 Å². The van der Waals surface area contributed by atoms with E-state index < -0.39 is 0 Å². The molecule has 3 aromatic rings. The standard InChI is InChI=1S/C22H26BrN5O/c1-27(2)18-8-5-15(6-9-18)13-24-21(29)16-4-3-11-28(14-16)22-25-19-10-7-17(23)12-20(19)26-22/h5-10,12,16H,3-4,11,13-14H2,1-2H3,(H,24,29)(H,25,26). The van der Waals surface area contributed by atoms with Gasteiger partial charge in [0.1, 0.15) is 0 Å². The number of carbonyl (C=O) groups excluding carboxylic acids is 1. The van der Waals surface area contributed by atoms with Gasteiger partial charge in [0.15, 0.2) is 0 Å². The molecule has 7 heteroatoms. The predicted molar refractivity (Wildman–Crippen MR) is 121 cm³/mol. The molecule has 1 aliphatic heterocycles. The second kappa shape index (κ2) is 8.45. The summed E-state index contributed by atoms with van der Waals surface area (Å²) in [6.45, 7) is 2.16. The van der Waals surface area contributed by atoms with Crippen LogP contribution in [0.15, 0.2) is 46.9 Å². The first-order valence-corrected chi connectivity index (χ1v) is 10.7. The molecule has 152 valence electrons. The summed E-state index contributed by atoms with van der Waals surface area (Å²) in [4.78, 5) is 25.1. The SMILES string of the molecule is CN(C)c1ccc(CNC(=O)C2CCCN(c3nc4ccc(Br)cc4[nH]3)C2)cc1. The summed E-state index contributed by atoms with van der Waals surface area (Å²) in [5, 5.41) is 3.11. The smallest absolute Gasteiger partial charge is 0.225 e. The summed E-state index contributed by atoms with van der Waals surface area (Å²) >= 11 is 3.50. The highest BCUT2D eigenvalue weighted by Crippen LogP contribution is 2.25. The van der Waals surface area contributed by atoms with E-state index in [2.05, 4.69) is 60.3 Å². The van der Waals surface area contributed by atoms with Crippen LogP contribution in [0, 0.1) is 5.92 Å². The van der Waals surface area contributed by atoms with Crippen LogP contribution in [0.2, 0.25) is 0 Å². The molecule has 0 radical (unpaired) electrons. The molecule has 6 nitrogen and oxygen atoms in total. The van der Waals surface area contributed by atoms with E-state index in [9.17, 15) is 4.79 Å². The molecule has 1 saturated heterocycles. The normalized spacial score (nSPS) is 16.8. The van der Waals surface area contributed by atoms with Crippen LogP contribution in [0.1, 0.15) is 18.4 Å². The molecule has 4 rings (SSSR count). The first-order chi connectivity index (χ1) is 14.0. The van der Waals surface area contributed by atoms with Crippen LogP contribution in [-0.2, 0) is 11.3 Å². The third kappa shape index (κ3) is 4.56. The number of benzene rings is 2. The summed E-state index contributed by atoms with van der Waals surface area (Å²) in [5.41, 5.74) is 4.21. The van der Waals surface area contributed by atoms with Crippen LogP contribution >= 0.6 is 15.9 Å². The number of hydrogen-bond acceptors (Lipinski definition) is 4. The fraction of sp³-hybridized carbons (Fsp3) is 0.364. The Morgan fingerprint density at radius 1 is 1.28 bits per heavy atom. The number of amides is 1. The first kappa shape index (κ1) is 19.8. The lowest BCUT2D eigenvalue weighted by molar-refractivity contribution is -0.125. The van der Waals surface area contributed by atoms with Crippen molar-refractivity contribution in [2.45, 2.75) is 19.4 Å². The number of hydrogen-bond donors (Lipinski definition) is 2. The topological polar surface area (TPSA) is 64.3 Å². The van der Waals surface area contributed by atoms with E-state index in [1.54, 1.807) is 0 Å². The van der Waals surface area contributed by atoms with Gasteiger partial charge in [-0.2, -0.15) is 0 Å². The third-order valence-electron chi connectivity index (χ3n) is 5.44. The van der Waals surface area contributed by atoms with Crippen molar-refractivity contribution >= 4 is 44.5 Å². The van der Waals surface area contributed by atoms with Crippen molar-refractivity contribution < 1.29 is 4.79 Å². The molecular formula is C22H26BrN5O. The van der Waals surface area contributed by atoms with Crippen molar-refractivity contribution in [2.75, 3.05) is 37.0 Å². The van der Waals surface area contributed by atoms with Gasteiger partial charge in [0, 0.05) is 43.9 Å². The van der Waals surface area contributed by atoms with Gasteiger partial charge in [-0.05, 0) is 48.7 Å². The monoisotopic (exact) mass is 455 g/mol. The molecule has 0 spiro atoms. The maximum atomic E-state index is 12.8. The van der Waals surface area contributed by atoms with Gasteiger partial charge in [-0.3, -0.25) is 4.79 Å². The number of piperidine rings is 1. The molecule has 1 atom stereocenters. The minimum Gasteiger partial charge on any atom is -0.378 e. The van der Waals surface area contributed by atoms with Crippen molar-refractivity contribution in [3.8, 4) is 0 Å². The van der Waals surface area contributed by atoms with Gasteiger partial charge in [0.25, 0.3) is 0 Å². The summed E-state index contributed by atoms with van der Waals surface area (Å²) in [6, 6.07) is 14.3. The lowest BCUT2D eigenvalue weighted by Gasteiger charge is -2.31. The van der Waals surface area contributed by atoms with Crippen LogP contribution in [0.5, 0.6) is 0 Å². The molecule has 2 aromatic carbocycles. The molecule has 2 N–H and O–H groups in total. The Labute approximate surface area is 179 Å². The number of carbonyl (C=O) groups is 1. The molecule has 0 aliphatic carbocycles. The highest BCUT2D eigenvalue weighted by Gasteiger charge is 2.27. The van der Waals surface area contributed by atoms with Crippen molar-refractivity contribution in [2.24, 2.45) is 5.92 Å². The summed E-state index contributed by atoms with van der Waals surface area (Å²) in [7, 11) is 4.04. The van der Waals surface area contributed by atoms with Gasteiger partial charge in [0.05, 0.1) is 17.0 Å². The van der Waals surface area contributed by atoms with E-state index in [1.807, 2.05) is 32.3 Å². The lowest BCUT2D eigenvalue weighted by atomic mass is 9.97. The Bertz CT molecular complexity index is 998. The molecular weight excluding hydrogens is 430 g/mol. The van der Waals surface area contributed by atoms with Crippen LogP contribution in [-0.4, -0.2) is 43.1 Å². The number of H-pyrrole nitrogens is 1. The summed E-state index contributed by atoms with van der Waals surface area (Å²) in [6.07, 6.45) is 1.89. The largest absolute Gasteiger partial charge is 0.378 e. The molecule has 1 aromatic heterocycles. The van der Waals surface area contributed by atoms with Crippen LogP contribution < -0.4 is 15.1 Å². The molecule has 29 heavy (non-hydrogen) atoms. The number of aromatic nitrogens is 2. The van der Waals surface area contributed by atoms with E-state index in [1.165, 1.54) is 0 Å². The highest BCUT2D eigenvalue weighted by atomic mass is 79.9. The van der Waals surface area contributed by atoms with Crippen molar-refractivity contribution in [1.29, 1.82) is 0 Å². The number of fused-ring (bicyclic) bond motifs is 1. The zero-order valence-electron chi connectivity index (χ0n) is 16.8. The van der Waals surface area contributed by atoms with E-state index in [-0.39, 0.29) is 11.8 Å². The number of halogens is 1. The van der Waals surface area contributed by atoms with Gasteiger partial charge >= 0.3 is 0 Å². The molecule has 0 bridgehead atoms. The predicted octanol–water partition coefficient (Wildman–Crippen LogP) is 3.92. The van der Waals surface area contributed by atoms with Gasteiger partial charge in [-0.25, -0.2) is 4.98 Å². The number of anilines is 2. The molecule has 1 fully saturated rings. The minimum absolute atomic E-state index is 0.0234. The maximum absolute atomic E-state index is 12.8. The second-order valence-corrected chi connectivity index (χ2v) is 8.70. The van der Waals surface area contributed by atoms with Gasteiger partial charge in [-0.15, -0.1) is 0 Å². The van der Waals surface area contributed by atoms with E-state index >= 15 is 0 Å². The minimum atomic E-state index is -0.0234. The average molecular weight is 456 g/mol. The quantitative estimate of drug-likeness (QED) is 0.611. The zero-order valence-corrected chi connectivity index (χ0v) is 18.4. The third-order valence-corrected chi connectivity index (χ3v) is 5.94. The number of nitrogens with one attached hydrogen (secondary N) is 2. The van der Waals surface area contributed by atoms with E-state index in [0.717, 1.165) is 52.1 Å². The van der Waals surface area contributed by atoms with E-state index in [4.69, 9.17) is 4.98 Å². The second-order valence-electron chi connectivity index (χ2n) is 7.79. The molecule has 1 amide bonds. The van der Waals surface area contributed by atoms with Crippen LogP contribution in [0.4, 0.5) is 11.6 Å². The fourth-order valence-corrected chi connectivity index (χ4v) is 4.11. The van der Waals surface area contributed by atoms with Crippen LogP contribution in [0.3, 0.4) is 0 Å². The van der Waals surface area contributed by atoms with Gasteiger partial charge in [-0.1, -0.05) is 28.1 Å². The first-order valence-electron chi connectivity index (χ1n) is 9.94. The van der Waals surface area contributed by atoms with E-state index in [0.29, 0.717) is 13.1 Å². The molecule has 0 saturated carbocycles. The van der Waals surface area contributed by atoms with Crippen molar-refractivity contribution in [3.05, 3.63) is 52.5 Å². The Balaban J connectivity index is 1.37. The number of imidazole rings is 1. The Kier molecular flexibility index (Phi) is 5.76. The highest BCUT2D eigenvalue weighted by molar-refractivity contribution is 9.10. The lowest BCUT2D eigenvalue weighted by Crippen LogP contribution is -2.43. The fourth-order valence-electron chi connectivity index (χ4n) is 3.75. The van der Waals surface area contributed by atoms with Crippen LogP contribution in [0.25, 0.3) is 11.0 Å². The molecule has 2 heterocycles. The summed E-state index contributed by atoms with van der Waals surface area (Å²) in [5.74, 6) is 0.935. The zero-order chi connectivity index (χ0) is 20.4. The number of rotatable bonds is 5. The molecule has 1 aliphatic rings. The molecule has 1 unspecified atom stereocenters. The summed E-state index contributed by atoms with van der Waals surface area (Å²) < 4.78 is 1.02. The Morgan fingerprint density at radius 3 is 2.83 bits per heavy atom. The van der Waals surface area contributed by atoms with Gasteiger partial charge in [0.2, 0.25) is 11.9 Å². The van der Waals surface area contributed by atoms with Gasteiger partial charge < -0.3 is 20.1 Å². The Hall–Kier alpha value is -2.54. The maximum Gasteiger partial charge on any atom is 0.225 e. The average Bonchev–Trinajstić information content (AvgIpc) is 3.15. The number of aromatic amines is 1. The Morgan fingerprint density at radius 2 is 2.07 bits per heavy atom. The van der Waals surface area contributed by atoms with Crippen molar-refractivity contribution in [3.63, 3.8) is 0 Å². The number of nitrogens with zero attached hydrogens (tertiary/aromatic N) is 3.